The van der Waals surface area contributed by atoms with Crippen molar-refractivity contribution in [3.8, 4) is 11.5 Å². The third-order valence-corrected chi connectivity index (χ3v) is 4.85. The van der Waals surface area contributed by atoms with Gasteiger partial charge in [-0.2, -0.15) is 0 Å². The van der Waals surface area contributed by atoms with Crippen LogP contribution in [0.2, 0.25) is 5.02 Å². The van der Waals surface area contributed by atoms with Crippen molar-refractivity contribution in [2.45, 2.75) is 26.4 Å². The number of nitrogens with zero attached hydrogens (tertiary/aromatic N) is 2. The zero-order chi connectivity index (χ0) is 20.3. The number of anilines is 1. The predicted molar refractivity (Wildman–Crippen MR) is 110 cm³/mol. The monoisotopic (exact) mass is 403 g/mol. The molecular formula is C20H22ClN3O4. The number of aryl methyl sites for hydroxylation is 2. The van der Waals surface area contributed by atoms with E-state index in [0.29, 0.717) is 28.8 Å². The lowest BCUT2D eigenvalue weighted by Crippen LogP contribution is -2.25. The van der Waals surface area contributed by atoms with Crippen molar-refractivity contribution in [2.24, 2.45) is 0 Å². The van der Waals surface area contributed by atoms with Crippen molar-refractivity contribution < 1.29 is 14.3 Å². The lowest BCUT2D eigenvalue weighted by molar-refractivity contribution is -0.116. The number of ether oxygens (including phenoxy) is 2. The van der Waals surface area contributed by atoms with Crippen molar-refractivity contribution in [1.82, 2.24) is 9.13 Å². The first-order chi connectivity index (χ1) is 13.5. The summed E-state index contributed by atoms with van der Waals surface area (Å²) in [6, 6.07) is 10.7. The first-order valence-electron chi connectivity index (χ1n) is 8.89. The fraction of sp³-hybridized carbons (Fsp3) is 0.300. The molecule has 0 saturated heterocycles. The summed E-state index contributed by atoms with van der Waals surface area (Å²) >= 11 is 6.09. The quantitative estimate of drug-likeness (QED) is 0.655. The molecule has 3 rings (SSSR count). The van der Waals surface area contributed by atoms with Gasteiger partial charge in [-0.25, -0.2) is 4.79 Å². The van der Waals surface area contributed by atoms with Crippen molar-refractivity contribution in [3.05, 3.63) is 51.9 Å². The smallest absolute Gasteiger partial charge is 0.329 e. The topological polar surface area (TPSA) is 74.5 Å². The largest absolute Gasteiger partial charge is 0.495 e. The van der Waals surface area contributed by atoms with E-state index in [1.54, 1.807) is 21.3 Å². The summed E-state index contributed by atoms with van der Waals surface area (Å²) in [5, 5.41) is 3.18. The highest BCUT2D eigenvalue weighted by atomic mass is 35.5. The number of hydrogen-bond donors (Lipinski definition) is 1. The van der Waals surface area contributed by atoms with Crippen LogP contribution in [0.1, 0.15) is 13.3 Å². The standard InChI is InChI=1S/C20H22ClN3O4/c1-4-23-15-7-5-6-8-16(15)24(20(23)26)10-9-19(25)22-14-12-17(27-2)13(21)11-18(14)28-3/h5-8,11-12H,4,9-10H2,1-3H3,(H,22,25). The minimum atomic E-state index is -0.247. The van der Waals surface area contributed by atoms with Gasteiger partial charge in [-0.05, 0) is 19.1 Å². The number of amides is 1. The second-order valence-corrected chi connectivity index (χ2v) is 6.56. The second-order valence-electron chi connectivity index (χ2n) is 6.15. The molecule has 0 spiro atoms. The first-order valence-corrected chi connectivity index (χ1v) is 9.27. The molecule has 148 valence electrons. The zero-order valence-corrected chi connectivity index (χ0v) is 16.7. The minimum absolute atomic E-state index is 0.123. The molecule has 0 unspecified atom stereocenters. The highest BCUT2D eigenvalue weighted by Crippen LogP contribution is 2.35. The number of nitrogens with one attached hydrogen (secondary N) is 1. The second kappa shape index (κ2) is 8.39. The van der Waals surface area contributed by atoms with Gasteiger partial charge in [0, 0.05) is 31.6 Å². The molecule has 0 radical (unpaired) electrons. The van der Waals surface area contributed by atoms with Gasteiger partial charge in [0.05, 0.1) is 36.0 Å². The van der Waals surface area contributed by atoms with Crippen LogP contribution in [0.4, 0.5) is 5.69 Å². The number of fused-ring (bicyclic) bond motifs is 1. The number of rotatable bonds is 7. The number of carbonyl (C=O) groups is 1. The van der Waals surface area contributed by atoms with E-state index in [1.165, 1.54) is 14.2 Å². The molecule has 7 nitrogen and oxygen atoms in total. The van der Waals surface area contributed by atoms with Crippen molar-refractivity contribution >= 4 is 34.2 Å². The van der Waals surface area contributed by atoms with Crippen LogP contribution in [0.3, 0.4) is 0 Å². The van der Waals surface area contributed by atoms with E-state index in [1.807, 2.05) is 31.2 Å². The fourth-order valence-corrected chi connectivity index (χ4v) is 3.41. The first kappa shape index (κ1) is 19.8. The molecule has 3 aromatic rings. The van der Waals surface area contributed by atoms with Crippen LogP contribution in [-0.2, 0) is 17.9 Å². The van der Waals surface area contributed by atoms with Gasteiger partial charge in [-0.1, -0.05) is 23.7 Å². The number of para-hydroxylation sites is 2. The fourth-order valence-electron chi connectivity index (χ4n) is 3.18. The summed E-state index contributed by atoms with van der Waals surface area (Å²) in [4.78, 5) is 25.2. The molecule has 8 heteroatoms. The van der Waals surface area contributed by atoms with E-state index in [9.17, 15) is 9.59 Å². The molecule has 1 aromatic heterocycles. The molecule has 0 aliphatic rings. The molecule has 2 aromatic carbocycles. The highest BCUT2D eigenvalue weighted by molar-refractivity contribution is 6.32. The molecule has 0 bridgehead atoms. The predicted octanol–water partition coefficient (Wildman–Crippen LogP) is 3.52. The number of benzene rings is 2. The Bertz CT molecular complexity index is 1070. The molecule has 1 amide bonds. The van der Waals surface area contributed by atoms with Crippen molar-refractivity contribution in [3.63, 3.8) is 0 Å². The Labute approximate surface area is 167 Å². The Morgan fingerprint density at radius 3 is 2.32 bits per heavy atom. The Balaban J connectivity index is 1.80. The number of halogens is 1. The molecule has 0 saturated carbocycles. The van der Waals surface area contributed by atoms with E-state index in [4.69, 9.17) is 21.1 Å². The molecular weight excluding hydrogens is 382 g/mol. The number of methoxy groups -OCH3 is 2. The summed E-state index contributed by atoms with van der Waals surface area (Å²) in [6.07, 6.45) is 0.131. The third kappa shape index (κ3) is 3.71. The summed E-state index contributed by atoms with van der Waals surface area (Å²) in [5.74, 6) is 0.613. The maximum Gasteiger partial charge on any atom is 0.329 e. The highest BCUT2D eigenvalue weighted by Gasteiger charge is 2.15. The van der Waals surface area contributed by atoms with Crippen LogP contribution in [-0.4, -0.2) is 29.3 Å². The number of hydrogen-bond acceptors (Lipinski definition) is 4. The average molecular weight is 404 g/mol. The summed E-state index contributed by atoms with van der Waals surface area (Å²) < 4.78 is 13.8. The van der Waals surface area contributed by atoms with Gasteiger partial charge in [0.25, 0.3) is 0 Å². The normalized spacial score (nSPS) is 10.9. The summed E-state index contributed by atoms with van der Waals surface area (Å²) in [6.45, 7) is 2.76. The van der Waals surface area contributed by atoms with Gasteiger partial charge in [0.1, 0.15) is 11.5 Å². The van der Waals surface area contributed by atoms with Crippen LogP contribution in [0, 0.1) is 0 Å². The zero-order valence-electron chi connectivity index (χ0n) is 16.0. The number of aromatic nitrogens is 2. The van der Waals surface area contributed by atoms with Crippen LogP contribution < -0.4 is 20.5 Å². The Kier molecular flexibility index (Phi) is 5.94. The van der Waals surface area contributed by atoms with Gasteiger partial charge in [-0.15, -0.1) is 0 Å². The molecule has 28 heavy (non-hydrogen) atoms. The SMILES string of the molecule is CCn1c(=O)n(CCC(=O)Nc2cc(OC)c(Cl)cc2OC)c2ccccc21. The maximum atomic E-state index is 12.7. The lowest BCUT2D eigenvalue weighted by atomic mass is 10.2. The summed E-state index contributed by atoms with van der Waals surface area (Å²) in [5.41, 5.74) is 2.01. The summed E-state index contributed by atoms with van der Waals surface area (Å²) in [7, 11) is 2.99. The van der Waals surface area contributed by atoms with Crippen molar-refractivity contribution in [1.29, 1.82) is 0 Å². The maximum absolute atomic E-state index is 12.7. The van der Waals surface area contributed by atoms with E-state index in [2.05, 4.69) is 5.32 Å². The number of carbonyl (C=O) groups excluding carboxylic acids is 1. The Morgan fingerprint density at radius 1 is 1.07 bits per heavy atom. The Morgan fingerprint density at radius 2 is 1.71 bits per heavy atom. The van der Waals surface area contributed by atoms with E-state index < -0.39 is 0 Å². The van der Waals surface area contributed by atoms with Gasteiger partial charge in [0.15, 0.2) is 0 Å². The third-order valence-electron chi connectivity index (χ3n) is 4.55. The van der Waals surface area contributed by atoms with Gasteiger partial charge >= 0.3 is 5.69 Å². The molecule has 0 fully saturated rings. The van der Waals surface area contributed by atoms with Gasteiger partial charge < -0.3 is 14.8 Å². The molecule has 1 N–H and O–H groups in total. The van der Waals surface area contributed by atoms with Crippen molar-refractivity contribution in [2.75, 3.05) is 19.5 Å². The van der Waals surface area contributed by atoms with Crippen LogP contribution in [0.5, 0.6) is 11.5 Å². The van der Waals surface area contributed by atoms with Crippen LogP contribution in [0.25, 0.3) is 11.0 Å². The average Bonchev–Trinajstić information content (AvgIpc) is 2.97. The van der Waals surface area contributed by atoms with Gasteiger partial charge in [0.2, 0.25) is 5.91 Å². The minimum Gasteiger partial charge on any atom is -0.495 e. The molecule has 0 atom stereocenters. The van der Waals surface area contributed by atoms with Crippen LogP contribution >= 0.6 is 11.6 Å². The number of imidazole rings is 1. The lowest BCUT2D eigenvalue weighted by Gasteiger charge is -2.13. The van der Waals surface area contributed by atoms with E-state index in [0.717, 1.165) is 11.0 Å². The van der Waals surface area contributed by atoms with Crippen LogP contribution in [0.15, 0.2) is 41.2 Å². The molecule has 1 heterocycles. The van der Waals surface area contributed by atoms with E-state index >= 15 is 0 Å². The molecule has 0 aliphatic heterocycles. The van der Waals surface area contributed by atoms with E-state index in [-0.39, 0.29) is 24.6 Å². The molecule has 0 aliphatic carbocycles. The van der Waals surface area contributed by atoms with Gasteiger partial charge in [-0.3, -0.25) is 13.9 Å². The Hall–Kier alpha value is -2.93.